The van der Waals surface area contributed by atoms with Gasteiger partial charge in [-0.2, -0.15) is 0 Å². The Morgan fingerprint density at radius 2 is 1.24 bits per heavy atom. The first-order valence-corrected chi connectivity index (χ1v) is 16.5. The smallest absolute Gasteiger partial charge is 0.339 e. The third-order valence-corrected chi connectivity index (χ3v) is 9.17. The molecule has 0 saturated carbocycles. The molecule has 2 N–H and O–H groups in total. The third-order valence-electron chi connectivity index (χ3n) is 7.86. The highest BCUT2D eigenvalue weighted by Crippen LogP contribution is 2.36. The molecule has 50 heavy (non-hydrogen) atoms. The van der Waals surface area contributed by atoms with E-state index in [0.29, 0.717) is 16.1 Å². The highest BCUT2D eigenvalue weighted by atomic mass is 35.5. The van der Waals surface area contributed by atoms with Gasteiger partial charge in [0.05, 0.1) is 13.1 Å². The number of carbonyl (C=O) groups is 2. The van der Waals surface area contributed by atoms with E-state index < -0.39 is 63.7 Å². The van der Waals surface area contributed by atoms with Crippen LogP contribution in [0.4, 0.5) is 27.6 Å². The zero-order valence-corrected chi connectivity index (χ0v) is 29.7. The standard InChI is InChI=1S/C37H36ClF5N2O4S/c1-36(2,3)22-13-21(14-23(15-22)37(4,5)6)18-45(25-11-12-26(35(48)49)27(46)16-25)28(47)19-44(17-20-7-9-24(38)10-8-20)50-34-32(42)30(40)29(39)31(41)33(34)43/h7-16,46H,17-19H2,1-6H3,(H,48,49). The second-order valence-corrected chi connectivity index (χ2v) is 15.4. The first-order valence-electron chi connectivity index (χ1n) is 15.4. The van der Waals surface area contributed by atoms with Crippen molar-refractivity contribution in [3.05, 3.63) is 123 Å². The summed E-state index contributed by atoms with van der Waals surface area (Å²) in [4.78, 5) is 26.0. The van der Waals surface area contributed by atoms with Crippen molar-refractivity contribution in [1.29, 1.82) is 0 Å². The predicted octanol–water partition coefficient (Wildman–Crippen LogP) is 9.78. The molecule has 0 aliphatic rings. The van der Waals surface area contributed by atoms with Crippen LogP contribution >= 0.6 is 23.5 Å². The molecule has 0 spiro atoms. The van der Waals surface area contributed by atoms with E-state index in [4.69, 9.17) is 11.6 Å². The van der Waals surface area contributed by atoms with Gasteiger partial charge in [-0.15, -0.1) is 0 Å². The van der Waals surface area contributed by atoms with Crippen molar-refractivity contribution in [3.63, 3.8) is 0 Å². The Morgan fingerprint density at radius 3 is 1.72 bits per heavy atom. The highest BCUT2D eigenvalue weighted by molar-refractivity contribution is 7.97. The average molecular weight is 735 g/mol. The van der Waals surface area contributed by atoms with E-state index in [-0.39, 0.29) is 41.6 Å². The Kier molecular flexibility index (Phi) is 11.6. The van der Waals surface area contributed by atoms with Crippen molar-refractivity contribution >= 4 is 41.1 Å². The van der Waals surface area contributed by atoms with Gasteiger partial charge in [0.25, 0.3) is 0 Å². The van der Waals surface area contributed by atoms with Crippen LogP contribution in [0.15, 0.2) is 65.6 Å². The molecule has 0 heterocycles. The number of rotatable bonds is 10. The molecule has 0 unspecified atom stereocenters. The lowest BCUT2D eigenvalue weighted by molar-refractivity contribution is -0.118. The summed E-state index contributed by atoms with van der Waals surface area (Å²) >= 11 is 6.18. The van der Waals surface area contributed by atoms with Gasteiger partial charge in [0, 0.05) is 23.3 Å². The molecule has 4 aromatic rings. The van der Waals surface area contributed by atoms with Crippen molar-refractivity contribution in [1.82, 2.24) is 4.31 Å². The van der Waals surface area contributed by atoms with E-state index in [0.717, 1.165) is 27.6 Å². The molecule has 0 atom stereocenters. The van der Waals surface area contributed by atoms with Crippen molar-refractivity contribution in [2.75, 3.05) is 11.4 Å². The molecule has 0 aliphatic heterocycles. The zero-order chi connectivity index (χ0) is 37.3. The summed E-state index contributed by atoms with van der Waals surface area (Å²) in [6, 6.07) is 15.7. The lowest BCUT2D eigenvalue weighted by Gasteiger charge is -2.30. The Hall–Kier alpha value is -4.13. The van der Waals surface area contributed by atoms with Crippen LogP contribution in [0.25, 0.3) is 0 Å². The minimum atomic E-state index is -2.31. The number of halogens is 6. The number of carboxylic acid groups (broad SMARTS) is 1. The summed E-state index contributed by atoms with van der Waals surface area (Å²) in [5.41, 5.74) is 2.26. The van der Waals surface area contributed by atoms with Crippen molar-refractivity contribution in [3.8, 4) is 5.75 Å². The highest BCUT2D eigenvalue weighted by Gasteiger charge is 2.30. The number of hydrogen-bond acceptors (Lipinski definition) is 5. The van der Waals surface area contributed by atoms with E-state index in [1.165, 1.54) is 23.1 Å². The molecule has 1 amide bonds. The minimum absolute atomic E-state index is 0.0837. The van der Waals surface area contributed by atoms with Crippen LogP contribution in [-0.4, -0.2) is 32.9 Å². The number of phenols is 1. The molecule has 0 saturated heterocycles. The van der Waals surface area contributed by atoms with E-state index in [1.54, 1.807) is 12.1 Å². The number of hydrogen-bond donors (Lipinski definition) is 2. The lowest BCUT2D eigenvalue weighted by atomic mass is 9.79. The van der Waals surface area contributed by atoms with Crippen LogP contribution in [0.1, 0.15) is 74.2 Å². The fraction of sp³-hybridized carbons (Fsp3) is 0.297. The lowest BCUT2D eigenvalue weighted by Crippen LogP contribution is -2.38. The number of amides is 1. The van der Waals surface area contributed by atoms with Crippen LogP contribution in [0, 0.1) is 29.1 Å². The van der Waals surface area contributed by atoms with Gasteiger partial charge < -0.3 is 15.1 Å². The summed E-state index contributed by atoms with van der Waals surface area (Å²) in [6.45, 7) is 11.3. The molecule has 6 nitrogen and oxygen atoms in total. The molecular formula is C37H36ClF5N2O4S. The van der Waals surface area contributed by atoms with Gasteiger partial charge in [0.15, 0.2) is 23.3 Å². The van der Waals surface area contributed by atoms with Gasteiger partial charge >= 0.3 is 5.97 Å². The number of nitrogens with zero attached hydrogens (tertiary/aromatic N) is 2. The Labute approximate surface area is 296 Å². The predicted molar refractivity (Wildman–Crippen MR) is 184 cm³/mol. The molecule has 4 aromatic carbocycles. The SMILES string of the molecule is CC(C)(C)c1cc(CN(C(=O)CN(Cc2ccc(Cl)cc2)Sc2c(F)c(F)c(F)c(F)c2F)c2ccc(C(=O)O)c(O)c2)cc(C(C)(C)C)c1. The third kappa shape index (κ3) is 8.96. The van der Waals surface area contributed by atoms with E-state index in [1.807, 2.05) is 53.7 Å². The number of carboxylic acids is 1. The second kappa shape index (κ2) is 15.0. The number of anilines is 1. The Balaban J connectivity index is 1.83. The number of benzene rings is 4. The Bertz CT molecular complexity index is 1870. The fourth-order valence-electron chi connectivity index (χ4n) is 4.97. The van der Waals surface area contributed by atoms with E-state index >= 15 is 0 Å². The summed E-state index contributed by atoms with van der Waals surface area (Å²) < 4.78 is 73.1. The van der Waals surface area contributed by atoms with Crippen LogP contribution < -0.4 is 4.90 Å². The van der Waals surface area contributed by atoms with Crippen molar-refractivity contribution in [2.24, 2.45) is 0 Å². The van der Waals surface area contributed by atoms with Crippen molar-refractivity contribution < 1.29 is 41.8 Å². The first kappa shape index (κ1) is 38.7. The van der Waals surface area contributed by atoms with Gasteiger partial charge in [-0.25, -0.2) is 31.1 Å². The van der Waals surface area contributed by atoms with Gasteiger partial charge in [0.2, 0.25) is 11.7 Å². The summed E-state index contributed by atoms with van der Waals surface area (Å²) in [5, 5.41) is 20.4. The topological polar surface area (TPSA) is 81.1 Å². The normalized spacial score (nSPS) is 12.0. The molecule has 13 heteroatoms. The molecule has 0 fully saturated rings. The second-order valence-electron chi connectivity index (χ2n) is 13.8. The summed E-state index contributed by atoms with van der Waals surface area (Å²) in [5.74, 6) is -13.4. The Morgan fingerprint density at radius 1 is 0.720 bits per heavy atom. The average Bonchev–Trinajstić information content (AvgIpc) is 3.03. The number of carbonyl (C=O) groups excluding carboxylic acids is 1. The van der Waals surface area contributed by atoms with Gasteiger partial charge in [0.1, 0.15) is 16.2 Å². The molecule has 0 aromatic heterocycles. The van der Waals surface area contributed by atoms with Crippen LogP contribution in [0.5, 0.6) is 5.75 Å². The van der Waals surface area contributed by atoms with Crippen LogP contribution in [-0.2, 0) is 28.7 Å². The monoisotopic (exact) mass is 734 g/mol. The summed E-state index contributed by atoms with van der Waals surface area (Å²) in [6.07, 6.45) is 0. The first-order chi connectivity index (χ1) is 23.2. The van der Waals surface area contributed by atoms with Crippen LogP contribution in [0.3, 0.4) is 0 Å². The quantitative estimate of drug-likeness (QED) is 0.0731. The number of aromatic carboxylic acids is 1. The zero-order valence-electron chi connectivity index (χ0n) is 28.2. The summed E-state index contributed by atoms with van der Waals surface area (Å²) in [7, 11) is 0. The van der Waals surface area contributed by atoms with Crippen molar-refractivity contribution in [2.45, 2.75) is 70.4 Å². The maximum absolute atomic E-state index is 14.9. The molecule has 4 rings (SSSR count). The van der Waals surface area contributed by atoms with Gasteiger partial charge in [-0.1, -0.05) is 83.5 Å². The van der Waals surface area contributed by atoms with Crippen LogP contribution in [0.2, 0.25) is 5.02 Å². The fourth-order valence-corrected chi connectivity index (χ4v) is 6.08. The van der Waals surface area contributed by atoms with Gasteiger partial charge in [-0.05, 0) is 69.3 Å². The molecule has 0 radical (unpaired) electrons. The van der Waals surface area contributed by atoms with E-state index in [2.05, 4.69) is 6.07 Å². The largest absolute Gasteiger partial charge is 0.507 e. The van der Waals surface area contributed by atoms with Gasteiger partial charge in [-0.3, -0.25) is 4.79 Å². The van der Waals surface area contributed by atoms with E-state index in [9.17, 15) is 41.8 Å². The molecule has 266 valence electrons. The minimum Gasteiger partial charge on any atom is -0.507 e. The maximum Gasteiger partial charge on any atom is 0.339 e. The number of aromatic hydroxyl groups is 1. The molecule has 0 bridgehead atoms. The maximum atomic E-state index is 14.9. The molecular weight excluding hydrogens is 699 g/mol. The molecule has 0 aliphatic carbocycles.